The zero-order chi connectivity index (χ0) is 14.3. The number of nitrogens with one attached hydrogen (secondary N) is 1. The highest BCUT2D eigenvalue weighted by Crippen LogP contribution is 2.39. The van der Waals surface area contributed by atoms with Crippen molar-refractivity contribution in [1.82, 2.24) is 24.9 Å². The topological polar surface area (TPSA) is 98.2 Å². The molecule has 3 N–H and O–H groups in total. The highest BCUT2D eigenvalue weighted by molar-refractivity contribution is 9.10. The van der Waals surface area contributed by atoms with E-state index in [1.165, 1.54) is 4.52 Å². The van der Waals surface area contributed by atoms with Crippen molar-refractivity contribution in [3.8, 4) is 0 Å². The minimum Gasteiger partial charge on any atom is -0.343 e. The highest BCUT2D eigenvalue weighted by atomic mass is 79.9. The second-order valence-electron chi connectivity index (χ2n) is 5.30. The smallest absolute Gasteiger partial charge is 0.291 e. The number of amides is 1. The lowest BCUT2D eigenvalue weighted by Gasteiger charge is -2.28. The first-order valence-electron chi connectivity index (χ1n) is 6.42. The molecule has 2 heterocycles. The van der Waals surface area contributed by atoms with Crippen molar-refractivity contribution >= 4 is 27.6 Å². The van der Waals surface area contributed by atoms with E-state index < -0.39 is 0 Å². The molecule has 1 unspecified atom stereocenters. The summed E-state index contributed by atoms with van der Waals surface area (Å²) in [5.41, 5.74) is 5.40. The first-order chi connectivity index (χ1) is 9.51. The Balaban J connectivity index is 1.85. The van der Waals surface area contributed by atoms with Crippen molar-refractivity contribution in [3.63, 3.8) is 0 Å². The molecule has 20 heavy (non-hydrogen) atoms. The molecule has 1 aliphatic carbocycles. The minimum absolute atomic E-state index is 0.107. The molecule has 1 amide bonds. The molecule has 3 rings (SSSR count). The van der Waals surface area contributed by atoms with Crippen LogP contribution in [0, 0.1) is 5.92 Å². The number of halogens is 1. The first-order valence-corrected chi connectivity index (χ1v) is 7.21. The molecular weight excluding hydrogens is 324 g/mol. The summed E-state index contributed by atoms with van der Waals surface area (Å²) in [5.74, 6) is 0.627. The molecule has 106 valence electrons. The van der Waals surface area contributed by atoms with Gasteiger partial charge in [-0.3, -0.25) is 4.79 Å². The van der Waals surface area contributed by atoms with E-state index in [2.05, 4.69) is 36.3 Å². The van der Waals surface area contributed by atoms with Gasteiger partial charge in [0.05, 0.1) is 10.0 Å². The predicted octanol–water partition coefficient (Wildman–Crippen LogP) is 0.744. The van der Waals surface area contributed by atoms with Gasteiger partial charge >= 0.3 is 0 Å². The number of aromatic nitrogens is 4. The third kappa shape index (κ3) is 2.40. The van der Waals surface area contributed by atoms with Crippen LogP contribution in [0.4, 0.5) is 0 Å². The Labute approximate surface area is 124 Å². The van der Waals surface area contributed by atoms with Crippen molar-refractivity contribution < 1.29 is 4.79 Å². The van der Waals surface area contributed by atoms with Crippen LogP contribution in [-0.2, 0) is 0 Å². The van der Waals surface area contributed by atoms with Gasteiger partial charge in [0.2, 0.25) is 5.82 Å². The van der Waals surface area contributed by atoms with E-state index in [9.17, 15) is 4.79 Å². The fourth-order valence-corrected chi connectivity index (χ4v) is 2.51. The maximum Gasteiger partial charge on any atom is 0.291 e. The van der Waals surface area contributed by atoms with Gasteiger partial charge in [-0.2, -0.15) is 4.98 Å². The molecule has 0 aliphatic heterocycles. The zero-order valence-corrected chi connectivity index (χ0v) is 12.6. The van der Waals surface area contributed by atoms with Gasteiger partial charge in [-0.25, -0.2) is 9.50 Å². The van der Waals surface area contributed by atoms with Crippen LogP contribution < -0.4 is 11.1 Å². The first kappa shape index (κ1) is 13.4. The molecule has 0 spiro atoms. The Morgan fingerprint density at radius 3 is 3.05 bits per heavy atom. The summed E-state index contributed by atoms with van der Waals surface area (Å²) in [6.07, 6.45) is 5.51. The summed E-state index contributed by atoms with van der Waals surface area (Å²) < 4.78 is 2.24. The quantitative estimate of drug-likeness (QED) is 0.856. The van der Waals surface area contributed by atoms with E-state index in [-0.39, 0.29) is 17.3 Å². The lowest BCUT2D eigenvalue weighted by atomic mass is 9.96. The number of hydrogen-bond acceptors (Lipinski definition) is 5. The number of nitrogens with zero attached hydrogens (tertiary/aromatic N) is 4. The maximum absolute atomic E-state index is 12.3. The van der Waals surface area contributed by atoms with Crippen LogP contribution in [0.2, 0.25) is 0 Å². The summed E-state index contributed by atoms with van der Waals surface area (Å²) in [6, 6.07) is 0. The molecule has 0 aromatic carbocycles. The molecule has 1 saturated carbocycles. The van der Waals surface area contributed by atoms with E-state index in [1.807, 2.05) is 6.92 Å². The molecule has 0 saturated heterocycles. The predicted molar refractivity (Wildman–Crippen MR) is 76.1 cm³/mol. The van der Waals surface area contributed by atoms with Crippen LogP contribution in [0.15, 0.2) is 16.9 Å². The highest BCUT2D eigenvalue weighted by Gasteiger charge is 2.42. The standard InChI is InChI=1S/C12H15BrN6O/c1-12(6-14,7-2-3-7)17-10(20)9-16-11-15-4-8(13)5-19(11)18-9/h4-5,7H,2-3,6,14H2,1H3,(H,17,20). The average Bonchev–Trinajstić information content (AvgIpc) is 3.19. The van der Waals surface area contributed by atoms with Gasteiger partial charge in [-0.15, -0.1) is 5.10 Å². The lowest BCUT2D eigenvalue weighted by Crippen LogP contribution is -2.53. The van der Waals surface area contributed by atoms with Gasteiger partial charge < -0.3 is 11.1 Å². The number of fused-ring (bicyclic) bond motifs is 1. The molecule has 8 heteroatoms. The maximum atomic E-state index is 12.3. The van der Waals surface area contributed by atoms with E-state index in [0.717, 1.165) is 17.3 Å². The SMILES string of the molecule is CC(CN)(NC(=O)c1nc2ncc(Br)cn2n1)C1CC1. The van der Waals surface area contributed by atoms with Gasteiger partial charge in [0.25, 0.3) is 11.7 Å². The normalized spacial score (nSPS) is 17.9. The summed E-state index contributed by atoms with van der Waals surface area (Å²) in [6.45, 7) is 2.37. The van der Waals surface area contributed by atoms with Crippen LogP contribution in [0.3, 0.4) is 0 Å². The van der Waals surface area contributed by atoms with Crippen molar-refractivity contribution in [3.05, 3.63) is 22.7 Å². The monoisotopic (exact) mass is 338 g/mol. The van der Waals surface area contributed by atoms with E-state index in [0.29, 0.717) is 18.2 Å². The van der Waals surface area contributed by atoms with E-state index in [1.54, 1.807) is 12.4 Å². The summed E-state index contributed by atoms with van der Waals surface area (Å²) in [4.78, 5) is 20.5. The van der Waals surface area contributed by atoms with Gasteiger partial charge in [0.15, 0.2) is 0 Å². The summed E-state index contributed by atoms with van der Waals surface area (Å²) >= 11 is 3.30. The Morgan fingerprint density at radius 2 is 2.40 bits per heavy atom. The van der Waals surface area contributed by atoms with Crippen molar-refractivity contribution in [2.75, 3.05) is 6.54 Å². The van der Waals surface area contributed by atoms with Gasteiger partial charge in [-0.1, -0.05) is 0 Å². The van der Waals surface area contributed by atoms with Crippen LogP contribution >= 0.6 is 15.9 Å². The van der Waals surface area contributed by atoms with Crippen LogP contribution in [0.1, 0.15) is 30.4 Å². The third-order valence-corrected chi connectivity index (χ3v) is 4.08. The number of carbonyl (C=O) groups excluding carboxylic acids is 1. The third-order valence-electron chi connectivity index (χ3n) is 3.67. The second kappa shape index (κ2) is 4.78. The van der Waals surface area contributed by atoms with Gasteiger partial charge in [0, 0.05) is 18.9 Å². The average molecular weight is 339 g/mol. The molecule has 1 atom stereocenters. The Hall–Kier alpha value is -1.54. The lowest BCUT2D eigenvalue weighted by molar-refractivity contribution is 0.0887. The number of nitrogens with two attached hydrogens (primary N) is 1. The largest absolute Gasteiger partial charge is 0.343 e. The van der Waals surface area contributed by atoms with Gasteiger partial charge in [0.1, 0.15) is 0 Å². The molecule has 2 aromatic rings. The van der Waals surface area contributed by atoms with Crippen LogP contribution in [-0.4, -0.2) is 37.6 Å². The van der Waals surface area contributed by atoms with E-state index in [4.69, 9.17) is 5.73 Å². The van der Waals surface area contributed by atoms with Crippen molar-refractivity contribution in [2.24, 2.45) is 11.7 Å². The number of hydrogen-bond donors (Lipinski definition) is 2. The molecule has 1 aliphatic rings. The van der Waals surface area contributed by atoms with Crippen LogP contribution in [0.25, 0.3) is 5.78 Å². The van der Waals surface area contributed by atoms with Crippen molar-refractivity contribution in [2.45, 2.75) is 25.3 Å². The van der Waals surface area contributed by atoms with Gasteiger partial charge in [-0.05, 0) is 41.6 Å². The minimum atomic E-state index is -0.386. The molecular formula is C12H15BrN6O. The Bertz CT molecular complexity index is 667. The molecule has 0 radical (unpaired) electrons. The van der Waals surface area contributed by atoms with E-state index >= 15 is 0 Å². The zero-order valence-electron chi connectivity index (χ0n) is 11.0. The number of rotatable bonds is 4. The fraction of sp³-hybridized carbons (Fsp3) is 0.500. The Morgan fingerprint density at radius 1 is 1.65 bits per heavy atom. The molecule has 2 aromatic heterocycles. The fourth-order valence-electron chi connectivity index (χ4n) is 2.21. The second-order valence-corrected chi connectivity index (χ2v) is 6.22. The molecule has 1 fully saturated rings. The molecule has 0 bridgehead atoms. The van der Waals surface area contributed by atoms with Crippen molar-refractivity contribution in [1.29, 1.82) is 0 Å². The summed E-state index contributed by atoms with van der Waals surface area (Å²) in [5, 5.41) is 7.09. The number of carbonyl (C=O) groups is 1. The molecule has 7 nitrogen and oxygen atoms in total. The van der Waals surface area contributed by atoms with Crippen LogP contribution in [0.5, 0.6) is 0 Å². The summed E-state index contributed by atoms with van der Waals surface area (Å²) in [7, 11) is 0. The Kier molecular flexibility index (Phi) is 3.21.